The van der Waals surface area contributed by atoms with E-state index in [0.29, 0.717) is 6.10 Å². The van der Waals surface area contributed by atoms with Crippen molar-refractivity contribution in [1.82, 2.24) is 0 Å². The van der Waals surface area contributed by atoms with E-state index < -0.39 is 0 Å². The molecular weight excluding hydrogens is 120 g/mol. The molecule has 0 spiro atoms. The van der Waals surface area contributed by atoms with Crippen molar-refractivity contribution in [3.63, 3.8) is 0 Å². The highest BCUT2D eigenvalue weighted by Gasteiger charge is 1.95. The Bertz CT molecular complexity index is 47.8. The van der Waals surface area contributed by atoms with Crippen molar-refractivity contribution in [2.75, 3.05) is 12.9 Å². The Labute approximate surface area is 56.8 Å². The highest BCUT2D eigenvalue weighted by molar-refractivity contribution is 7.80. The van der Waals surface area contributed by atoms with Crippen LogP contribution in [0.25, 0.3) is 0 Å². The van der Waals surface area contributed by atoms with E-state index in [9.17, 15) is 0 Å². The fourth-order valence-electron chi connectivity index (χ4n) is 0.497. The van der Waals surface area contributed by atoms with Crippen LogP contribution in [0.5, 0.6) is 0 Å². The highest BCUT2D eigenvalue weighted by Crippen LogP contribution is 1.99. The zero-order chi connectivity index (χ0) is 6.41. The minimum atomic E-state index is 0.405. The molecule has 8 heavy (non-hydrogen) atoms. The summed E-state index contributed by atoms with van der Waals surface area (Å²) in [4.78, 5) is 0. The molecule has 0 aromatic rings. The third-order valence-corrected chi connectivity index (χ3v) is 1.49. The van der Waals surface area contributed by atoms with Gasteiger partial charge in [0.25, 0.3) is 0 Å². The molecular formula is C6H14OS. The minimum Gasteiger partial charge on any atom is -0.382 e. The number of rotatable bonds is 4. The molecule has 1 nitrogen and oxygen atoms in total. The first-order valence-electron chi connectivity index (χ1n) is 2.95. The van der Waals surface area contributed by atoms with Crippen LogP contribution in [-0.4, -0.2) is 19.0 Å². The fraction of sp³-hybridized carbons (Fsp3) is 1.00. The van der Waals surface area contributed by atoms with Gasteiger partial charge in [0.2, 0.25) is 0 Å². The van der Waals surface area contributed by atoms with Crippen LogP contribution in [0.3, 0.4) is 0 Å². The van der Waals surface area contributed by atoms with Crippen LogP contribution in [0, 0.1) is 0 Å². The Morgan fingerprint density at radius 2 is 2.25 bits per heavy atom. The Hall–Kier alpha value is 0.310. The van der Waals surface area contributed by atoms with Gasteiger partial charge in [0.05, 0.1) is 6.10 Å². The van der Waals surface area contributed by atoms with Crippen molar-refractivity contribution in [1.29, 1.82) is 0 Å². The summed E-state index contributed by atoms with van der Waals surface area (Å²) in [6.45, 7) is 2.07. The lowest BCUT2D eigenvalue weighted by Crippen LogP contribution is -2.03. The summed E-state index contributed by atoms with van der Waals surface area (Å²) in [6.07, 6.45) is 2.68. The summed E-state index contributed by atoms with van der Waals surface area (Å²) in [5.41, 5.74) is 0. The summed E-state index contributed by atoms with van der Waals surface area (Å²) in [6, 6.07) is 0. The van der Waals surface area contributed by atoms with Gasteiger partial charge >= 0.3 is 0 Å². The first kappa shape index (κ1) is 8.31. The zero-order valence-electron chi connectivity index (χ0n) is 5.55. The predicted octanol–water partition coefficient (Wildman–Crippen LogP) is 1.73. The monoisotopic (exact) mass is 134 g/mol. The van der Waals surface area contributed by atoms with Crippen molar-refractivity contribution in [2.24, 2.45) is 0 Å². The second kappa shape index (κ2) is 5.45. The van der Waals surface area contributed by atoms with E-state index >= 15 is 0 Å². The van der Waals surface area contributed by atoms with Crippen molar-refractivity contribution in [3.8, 4) is 0 Å². The van der Waals surface area contributed by atoms with Crippen molar-refractivity contribution >= 4 is 12.6 Å². The van der Waals surface area contributed by atoms with E-state index in [0.717, 1.165) is 18.6 Å². The van der Waals surface area contributed by atoms with Crippen molar-refractivity contribution in [2.45, 2.75) is 25.9 Å². The number of thiol groups is 1. The molecule has 0 radical (unpaired) electrons. The van der Waals surface area contributed by atoms with E-state index in [1.165, 1.54) is 0 Å². The van der Waals surface area contributed by atoms with E-state index in [2.05, 4.69) is 19.6 Å². The molecule has 0 aromatic carbocycles. The van der Waals surface area contributed by atoms with Gasteiger partial charge in [0, 0.05) is 7.11 Å². The van der Waals surface area contributed by atoms with Crippen LogP contribution < -0.4 is 0 Å². The first-order valence-corrected chi connectivity index (χ1v) is 3.58. The average molecular weight is 134 g/mol. The lowest BCUT2D eigenvalue weighted by molar-refractivity contribution is 0.110. The Morgan fingerprint density at radius 3 is 2.62 bits per heavy atom. The van der Waals surface area contributed by atoms with E-state index in [1.54, 1.807) is 7.11 Å². The third-order valence-electron chi connectivity index (χ3n) is 1.17. The van der Waals surface area contributed by atoms with Gasteiger partial charge in [-0.2, -0.15) is 12.6 Å². The molecule has 1 unspecified atom stereocenters. The number of methoxy groups -OCH3 is 1. The summed E-state index contributed by atoms with van der Waals surface area (Å²) in [5, 5.41) is 0. The molecule has 2 heteroatoms. The van der Waals surface area contributed by atoms with Crippen LogP contribution in [0.15, 0.2) is 0 Å². The maximum Gasteiger partial charge on any atom is 0.0543 e. The standard InChI is InChI=1S/C6H14OS/c1-6(7-2)4-3-5-8/h6,8H,3-5H2,1-2H3. The average Bonchev–Trinajstić information content (AvgIpc) is 1.83. The van der Waals surface area contributed by atoms with Gasteiger partial charge in [-0.3, -0.25) is 0 Å². The second-order valence-corrected chi connectivity index (χ2v) is 2.36. The van der Waals surface area contributed by atoms with Crippen LogP contribution in [0.1, 0.15) is 19.8 Å². The number of hydrogen-bond acceptors (Lipinski definition) is 2. The Morgan fingerprint density at radius 1 is 1.62 bits per heavy atom. The molecule has 0 aliphatic heterocycles. The molecule has 0 aromatic heterocycles. The molecule has 0 bridgehead atoms. The van der Waals surface area contributed by atoms with Gasteiger partial charge in [-0.05, 0) is 25.5 Å². The number of ether oxygens (including phenoxy) is 1. The summed E-state index contributed by atoms with van der Waals surface area (Å²) >= 11 is 4.08. The Balaban J connectivity index is 2.86. The van der Waals surface area contributed by atoms with E-state index in [4.69, 9.17) is 4.74 Å². The zero-order valence-corrected chi connectivity index (χ0v) is 6.45. The molecule has 0 heterocycles. The molecule has 0 fully saturated rings. The van der Waals surface area contributed by atoms with Crippen LogP contribution in [-0.2, 0) is 4.74 Å². The molecule has 0 N–H and O–H groups in total. The maximum absolute atomic E-state index is 5.02. The third kappa shape index (κ3) is 4.47. The highest BCUT2D eigenvalue weighted by atomic mass is 32.1. The quantitative estimate of drug-likeness (QED) is 0.576. The van der Waals surface area contributed by atoms with Gasteiger partial charge in [0.1, 0.15) is 0 Å². The molecule has 1 atom stereocenters. The van der Waals surface area contributed by atoms with Crippen LogP contribution in [0.4, 0.5) is 0 Å². The molecule has 0 saturated carbocycles. The molecule has 0 saturated heterocycles. The predicted molar refractivity (Wildman–Crippen MR) is 39.6 cm³/mol. The first-order chi connectivity index (χ1) is 3.81. The lowest BCUT2D eigenvalue weighted by atomic mass is 10.2. The molecule has 50 valence electrons. The van der Waals surface area contributed by atoms with E-state index in [1.807, 2.05) is 0 Å². The maximum atomic E-state index is 5.02. The normalized spacial score (nSPS) is 13.9. The van der Waals surface area contributed by atoms with Gasteiger partial charge < -0.3 is 4.74 Å². The molecule has 0 rings (SSSR count). The molecule has 0 aliphatic carbocycles. The van der Waals surface area contributed by atoms with Gasteiger partial charge in [0.15, 0.2) is 0 Å². The van der Waals surface area contributed by atoms with Gasteiger partial charge in [-0.25, -0.2) is 0 Å². The summed E-state index contributed by atoms with van der Waals surface area (Å²) < 4.78 is 5.02. The van der Waals surface area contributed by atoms with Gasteiger partial charge in [-0.15, -0.1) is 0 Å². The topological polar surface area (TPSA) is 9.23 Å². The molecule has 0 aliphatic rings. The Kier molecular flexibility index (Phi) is 5.66. The lowest BCUT2D eigenvalue weighted by Gasteiger charge is -2.05. The molecule has 0 amide bonds. The smallest absolute Gasteiger partial charge is 0.0543 e. The number of hydrogen-bond donors (Lipinski definition) is 1. The SMILES string of the molecule is COC(C)CCCS. The fourth-order valence-corrected chi connectivity index (χ4v) is 0.679. The summed E-state index contributed by atoms with van der Waals surface area (Å²) in [5.74, 6) is 0.966. The second-order valence-electron chi connectivity index (χ2n) is 1.91. The van der Waals surface area contributed by atoms with Crippen molar-refractivity contribution < 1.29 is 4.74 Å². The van der Waals surface area contributed by atoms with Crippen LogP contribution >= 0.6 is 12.6 Å². The van der Waals surface area contributed by atoms with Gasteiger partial charge in [-0.1, -0.05) is 0 Å². The summed E-state index contributed by atoms with van der Waals surface area (Å²) in [7, 11) is 1.74. The minimum absolute atomic E-state index is 0.405. The van der Waals surface area contributed by atoms with E-state index in [-0.39, 0.29) is 0 Å². The largest absolute Gasteiger partial charge is 0.382 e. The van der Waals surface area contributed by atoms with Crippen molar-refractivity contribution in [3.05, 3.63) is 0 Å². The van der Waals surface area contributed by atoms with Crippen LogP contribution in [0.2, 0.25) is 0 Å².